The highest BCUT2D eigenvalue weighted by Crippen LogP contribution is 2.21. The van der Waals surface area contributed by atoms with E-state index in [1.165, 1.54) is 22.7 Å². The average molecular weight is 551 g/mol. The van der Waals surface area contributed by atoms with Gasteiger partial charge in [-0.1, -0.05) is 48.5 Å². The summed E-state index contributed by atoms with van der Waals surface area (Å²) in [6.45, 7) is 0.0867. The maximum absolute atomic E-state index is 13.5. The number of esters is 1. The van der Waals surface area contributed by atoms with E-state index in [2.05, 4.69) is 10.6 Å². The molecule has 1 aliphatic rings. The summed E-state index contributed by atoms with van der Waals surface area (Å²) in [7, 11) is 0. The maximum Gasteiger partial charge on any atom is 0.328 e. The van der Waals surface area contributed by atoms with E-state index in [-0.39, 0.29) is 30.6 Å². The molecule has 7 nitrogen and oxygen atoms in total. The molecule has 0 saturated heterocycles. The Morgan fingerprint density at radius 3 is 2.34 bits per heavy atom. The fourth-order valence-corrected chi connectivity index (χ4v) is 5.56. The van der Waals surface area contributed by atoms with Crippen molar-refractivity contribution >= 4 is 40.5 Å². The first-order valence-corrected chi connectivity index (χ1v) is 14.1. The Morgan fingerprint density at radius 1 is 0.947 bits per heavy atom. The second-order valence-corrected chi connectivity index (χ2v) is 11.1. The minimum atomic E-state index is -0.922. The van der Waals surface area contributed by atoms with Crippen molar-refractivity contribution in [3.63, 3.8) is 0 Å². The first kappa shape index (κ1) is 27.3. The Hall–Kier alpha value is -3.69. The van der Waals surface area contributed by atoms with Crippen molar-refractivity contribution < 1.29 is 24.2 Å². The van der Waals surface area contributed by atoms with Gasteiger partial charge < -0.3 is 20.5 Å². The van der Waals surface area contributed by atoms with E-state index < -0.39 is 24.0 Å². The van der Waals surface area contributed by atoms with E-state index in [4.69, 9.17) is 4.74 Å². The number of amides is 2. The average Bonchev–Trinajstić information content (AvgIpc) is 3.63. The standard InChI is InChI=1S/C29H30N2O5S2/c32-22-12-10-20(11-13-22)16-26(29(35)36-19-21-6-2-1-3-7-21)31-28(34)25(17-23-8-4-14-37-23)30-27(33)18-24-9-5-15-38-24/h1-10,12-15,20,25-26,32H,11,16-19H2,(H,30,33)(H,31,34)/t20?,25-,26-/m0/s1. The molecule has 0 aliphatic heterocycles. The lowest BCUT2D eigenvalue weighted by atomic mass is 9.92. The van der Waals surface area contributed by atoms with Crippen LogP contribution in [0, 0.1) is 5.92 Å². The van der Waals surface area contributed by atoms with E-state index in [9.17, 15) is 19.5 Å². The SMILES string of the molecule is O=C(Cc1cccs1)N[C@@H](Cc1cccs1)C(=O)N[C@@H](CC1C=CC(O)=CC1)C(=O)OCc1ccccc1. The number of aliphatic hydroxyl groups excluding tert-OH is 1. The van der Waals surface area contributed by atoms with Crippen LogP contribution in [-0.4, -0.2) is 35.0 Å². The van der Waals surface area contributed by atoms with Gasteiger partial charge in [-0.15, -0.1) is 22.7 Å². The number of hydrogen-bond donors (Lipinski definition) is 3. The monoisotopic (exact) mass is 550 g/mol. The molecule has 1 aromatic carbocycles. The van der Waals surface area contributed by atoms with Gasteiger partial charge in [-0.2, -0.15) is 0 Å². The third kappa shape index (κ3) is 8.43. The van der Waals surface area contributed by atoms with Crippen LogP contribution in [0.3, 0.4) is 0 Å². The fourth-order valence-electron chi connectivity index (χ4n) is 4.10. The van der Waals surface area contributed by atoms with Gasteiger partial charge in [0.25, 0.3) is 0 Å². The number of rotatable bonds is 12. The molecule has 1 aliphatic carbocycles. The van der Waals surface area contributed by atoms with Crippen molar-refractivity contribution in [2.45, 2.75) is 44.4 Å². The molecule has 0 saturated carbocycles. The number of benzene rings is 1. The van der Waals surface area contributed by atoms with Gasteiger partial charge in [0.1, 0.15) is 24.4 Å². The zero-order chi connectivity index (χ0) is 26.7. The third-order valence-electron chi connectivity index (χ3n) is 6.08. The van der Waals surface area contributed by atoms with Gasteiger partial charge in [0.15, 0.2) is 0 Å². The van der Waals surface area contributed by atoms with Crippen LogP contribution >= 0.6 is 22.7 Å². The number of aliphatic hydroxyl groups is 1. The third-order valence-corrected chi connectivity index (χ3v) is 7.86. The molecule has 0 fully saturated rings. The van der Waals surface area contributed by atoms with Crippen LogP contribution in [-0.2, 0) is 38.6 Å². The second-order valence-electron chi connectivity index (χ2n) is 9.03. The summed E-state index contributed by atoms with van der Waals surface area (Å²) in [6.07, 6.45) is 6.43. The molecule has 3 N–H and O–H groups in total. The normalized spacial score (nSPS) is 16.2. The maximum atomic E-state index is 13.5. The lowest BCUT2D eigenvalue weighted by molar-refractivity contribution is -0.149. The molecule has 0 spiro atoms. The van der Waals surface area contributed by atoms with Crippen molar-refractivity contribution in [3.05, 3.63) is 105 Å². The van der Waals surface area contributed by atoms with Crippen LogP contribution in [0.25, 0.3) is 0 Å². The first-order chi connectivity index (χ1) is 18.5. The van der Waals surface area contributed by atoms with Gasteiger partial charge in [0.2, 0.25) is 11.8 Å². The van der Waals surface area contributed by atoms with Crippen molar-refractivity contribution in [3.8, 4) is 0 Å². The quantitative estimate of drug-likeness (QED) is 0.283. The van der Waals surface area contributed by atoms with Crippen molar-refractivity contribution in [2.75, 3.05) is 0 Å². The van der Waals surface area contributed by atoms with Crippen LogP contribution in [0.1, 0.15) is 28.2 Å². The Labute approximate surface area is 229 Å². The Bertz CT molecular complexity index is 1250. The molecule has 2 amide bonds. The number of carbonyl (C=O) groups excluding carboxylic acids is 3. The van der Waals surface area contributed by atoms with Crippen molar-refractivity contribution in [1.29, 1.82) is 0 Å². The summed E-state index contributed by atoms with van der Waals surface area (Å²) >= 11 is 2.98. The topological polar surface area (TPSA) is 105 Å². The van der Waals surface area contributed by atoms with Gasteiger partial charge in [0.05, 0.1) is 6.42 Å². The molecule has 1 unspecified atom stereocenters. The first-order valence-electron chi connectivity index (χ1n) is 12.4. The van der Waals surface area contributed by atoms with E-state index in [0.717, 1.165) is 15.3 Å². The summed E-state index contributed by atoms with van der Waals surface area (Å²) in [5.74, 6) is -1.14. The summed E-state index contributed by atoms with van der Waals surface area (Å²) in [6, 6.07) is 15.1. The molecule has 4 rings (SSSR count). The smallest absolute Gasteiger partial charge is 0.328 e. The summed E-state index contributed by atoms with van der Waals surface area (Å²) in [4.78, 5) is 41.3. The van der Waals surface area contributed by atoms with Crippen LogP contribution < -0.4 is 10.6 Å². The van der Waals surface area contributed by atoms with Gasteiger partial charge in [-0.3, -0.25) is 9.59 Å². The fraction of sp³-hybridized carbons (Fsp3) is 0.276. The Balaban J connectivity index is 1.46. The van der Waals surface area contributed by atoms with Gasteiger partial charge in [0, 0.05) is 16.2 Å². The minimum Gasteiger partial charge on any atom is -0.508 e. The molecule has 9 heteroatoms. The predicted molar refractivity (Wildman–Crippen MR) is 149 cm³/mol. The largest absolute Gasteiger partial charge is 0.508 e. The lowest BCUT2D eigenvalue weighted by Gasteiger charge is -2.25. The molecule has 198 valence electrons. The van der Waals surface area contributed by atoms with Crippen LogP contribution in [0.5, 0.6) is 0 Å². The number of ether oxygens (including phenoxy) is 1. The zero-order valence-corrected chi connectivity index (χ0v) is 22.4. The number of hydrogen-bond acceptors (Lipinski definition) is 7. The molecule has 0 bridgehead atoms. The molecule has 38 heavy (non-hydrogen) atoms. The second kappa shape index (κ2) is 13.7. The number of nitrogens with one attached hydrogen (secondary N) is 2. The van der Waals surface area contributed by atoms with Crippen LogP contribution in [0.4, 0.5) is 0 Å². The van der Waals surface area contributed by atoms with Crippen LogP contribution in [0.2, 0.25) is 0 Å². The molecule has 0 radical (unpaired) electrons. The van der Waals surface area contributed by atoms with Crippen LogP contribution in [0.15, 0.2) is 89.3 Å². The lowest BCUT2D eigenvalue weighted by Crippen LogP contribution is -2.53. The van der Waals surface area contributed by atoms with Crippen molar-refractivity contribution in [1.82, 2.24) is 10.6 Å². The van der Waals surface area contributed by atoms with E-state index in [1.54, 1.807) is 12.2 Å². The van der Waals surface area contributed by atoms with Gasteiger partial charge >= 0.3 is 5.97 Å². The molecular formula is C29H30N2O5S2. The summed E-state index contributed by atoms with van der Waals surface area (Å²) in [5, 5.41) is 19.2. The van der Waals surface area contributed by atoms with E-state index in [1.807, 2.05) is 71.4 Å². The minimum absolute atomic E-state index is 0.0651. The van der Waals surface area contributed by atoms with E-state index in [0.29, 0.717) is 19.3 Å². The highest BCUT2D eigenvalue weighted by molar-refractivity contribution is 7.10. The summed E-state index contributed by atoms with van der Waals surface area (Å²) in [5.41, 5.74) is 0.841. The number of allylic oxidation sites excluding steroid dienone is 3. The molecule has 3 aromatic rings. The summed E-state index contributed by atoms with van der Waals surface area (Å²) < 4.78 is 5.56. The number of carbonyl (C=O) groups is 3. The predicted octanol–water partition coefficient (Wildman–Crippen LogP) is 4.72. The molecule has 3 atom stereocenters. The molecule has 2 aromatic heterocycles. The molecular weight excluding hydrogens is 520 g/mol. The Kier molecular flexibility index (Phi) is 9.89. The van der Waals surface area contributed by atoms with Gasteiger partial charge in [-0.25, -0.2) is 4.79 Å². The number of thiophene rings is 2. The van der Waals surface area contributed by atoms with E-state index >= 15 is 0 Å². The highest BCUT2D eigenvalue weighted by Gasteiger charge is 2.30. The van der Waals surface area contributed by atoms with Crippen molar-refractivity contribution in [2.24, 2.45) is 5.92 Å². The zero-order valence-electron chi connectivity index (χ0n) is 20.7. The van der Waals surface area contributed by atoms with Gasteiger partial charge in [-0.05, 0) is 59.4 Å². The molecule has 2 heterocycles. The highest BCUT2D eigenvalue weighted by atomic mass is 32.1. The Morgan fingerprint density at radius 2 is 1.68 bits per heavy atom.